The van der Waals surface area contributed by atoms with E-state index >= 15 is 0 Å². The third kappa shape index (κ3) is 4.76. The molecule has 3 aromatic carbocycles. The number of rotatable bonds is 8. The van der Waals surface area contributed by atoms with Gasteiger partial charge in [-0.25, -0.2) is 0 Å². The van der Waals surface area contributed by atoms with Crippen molar-refractivity contribution in [3.05, 3.63) is 95.1 Å². The van der Waals surface area contributed by atoms with Crippen LogP contribution in [-0.4, -0.2) is 36.0 Å². The predicted octanol–water partition coefficient (Wildman–Crippen LogP) is 4.37. The van der Waals surface area contributed by atoms with Crippen molar-refractivity contribution >= 4 is 11.8 Å². The summed E-state index contributed by atoms with van der Waals surface area (Å²) >= 11 is 0. The lowest BCUT2D eigenvalue weighted by Gasteiger charge is -2.44. The third-order valence-corrected chi connectivity index (χ3v) is 6.27. The van der Waals surface area contributed by atoms with E-state index in [4.69, 9.17) is 9.47 Å². The molecule has 1 unspecified atom stereocenters. The second-order valence-electron chi connectivity index (χ2n) is 8.61. The summed E-state index contributed by atoms with van der Waals surface area (Å²) in [4.78, 5) is 28.9. The van der Waals surface area contributed by atoms with Crippen molar-refractivity contribution in [1.29, 1.82) is 0 Å². The van der Waals surface area contributed by atoms with Gasteiger partial charge >= 0.3 is 0 Å². The van der Waals surface area contributed by atoms with Gasteiger partial charge in [-0.2, -0.15) is 0 Å². The summed E-state index contributed by atoms with van der Waals surface area (Å²) in [6.07, 6.45) is 0.439. The van der Waals surface area contributed by atoms with Gasteiger partial charge in [-0.05, 0) is 60.9 Å². The van der Waals surface area contributed by atoms with Gasteiger partial charge in [0, 0.05) is 25.1 Å². The van der Waals surface area contributed by atoms with Crippen molar-refractivity contribution in [3.63, 3.8) is 0 Å². The highest BCUT2D eigenvalue weighted by Gasteiger charge is 2.46. The fraction of sp³-hybridized carbons (Fsp3) is 0.286. The molecule has 176 valence electrons. The van der Waals surface area contributed by atoms with Gasteiger partial charge in [0.05, 0.1) is 13.7 Å². The van der Waals surface area contributed by atoms with Gasteiger partial charge in [-0.1, -0.05) is 42.5 Å². The smallest absolute Gasteiger partial charge is 0.255 e. The Bertz CT molecular complexity index is 1180. The van der Waals surface area contributed by atoms with E-state index < -0.39 is 5.54 Å². The molecule has 2 amide bonds. The minimum atomic E-state index is -1.04. The Kier molecular flexibility index (Phi) is 6.87. The third-order valence-electron chi connectivity index (χ3n) is 6.27. The molecule has 0 spiro atoms. The monoisotopic (exact) mass is 458 g/mol. The average molecular weight is 459 g/mol. The van der Waals surface area contributed by atoms with Crippen molar-refractivity contribution in [2.24, 2.45) is 0 Å². The Balaban J connectivity index is 1.61. The second-order valence-corrected chi connectivity index (χ2v) is 8.61. The zero-order valence-corrected chi connectivity index (χ0v) is 19.8. The summed E-state index contributed by atoms with van der Waals surface area (Å²) in [6, 6.07) is 22.7. The molecule has 0 bridgehead atoms. The molecule has 6 nitrogen and oxygen atoms in total. The van der Waals surface area contributed by atoms with Crippen LogP contribution in [0.15, 0.2) is 72.8 Å². The standard InChI is InChI=1S/C28H30N2O4/c1-4-34-24-10-7-8-21(16-24)19-30-26(31)25-11-6-5-9-22(25)17-28(30,2)27(32)29-18-20-12-14-23(33-3)15-13-20/h5-16H,4,17-19H2,1-3H3,(H,29,32). The first kappa shape index (κ1) is 23.4. The molecule has 0 saturated heterocycles. The van der Waals surface area contributed by atoms with Crippen LogP contribution in [0.1, 0.15) is 40.9 Å². The van der Waals surface area contributed by atoms with E-state index in [1.165, 1.54) is 0 Å². The number of benzene rings is 3. The summed E-state index contributed by atoms with van der Waals surface area (Å²) in [5.41, 5.74) is 2.35. The molecule has 3 aromatic rings. The van der Waals surface area contributed by atoms with Gasteiger partial charge in [0.25, 0.3) is 5.91 Å². The SMILES string of the molecule is CCOc1cccc(CN2C(=O)c3ccccc3CC2(C)C(=O)NCc2ccc(OC)cc2)c1. The van der Waals surface area contributed by atoms with Gasteiger partial charge in [-0.3, -0.25) is 9.59 Å². The molecule has 4 rings (SSSR count). The maximum Gasteiger partial charge on any atom is 0.255 e. The molecule has 1 atom stereocenters. The molecule has 34 heavy (non-hydrogen) atoms. The average Bonchev–Trinajstić information content (AvgIpc) is 2.86. The number of nitrogens with zero attached hydrogens (tertiary/aromatic N) is 1. The van der Waals surface area contributed by atoms with E-state index in [0.29, 0.717) is 31.7 Å². The topological polar surface area (TPSA) is 67.9 Å². The molecule has 0 aliphatic carbocycles. The zero-order valence-electron chi connectivity index (χ0n) is 19.8. The van der Waals surface area contributed by atoms with Crippen LogP contribution in [-0.2, 0) is 24.3 Å². The quantitative estimate of drug-likeness (QED) is 0.544. The van der Waals surface area contributed by atoms with Gasteiger partial charge in [0.1, 0.15) is 17.0 Å². The maximum atomic E-state index is 13.6. The summed E-state index contributed by atoms with van der Waals surface area (Å²) in [5, 5.41) is 3.05. The Morgan fingerprint density at radius 2 is 1.76 bits per heavy atom. The van der Waals surface area contributed by atoms with Crippen LogP contribution in [0.5, 0.6) is 11.5 Å². The highest BCUT2D eigenvalue weighted by atomic mass is 16.5. The van der Waals surface area contributed by atoms with Crippen molar-refractivity contribution in [1.82, 2.24) is 10.2 Å². The number of methoxy groups -OCH3 is 1. The molecule has 6 heteroatoms. The Morgan fingerprint density at radius 3 is 2.50 bits per heavy atom. The van der Waals surface area contributed by atoms with Crippen LogP contribution in [0.25, 0.3) is 0 Å². The number of carbonyl (C=O) groups excluding carboxylic acids is 2. The van der Waals surface area contributed by atoms with Gasteiger partial charge in [0.15, 0.2) is 0 Å². The number of fused-ring (bicyclic) bond motifs is 1. The van der Waals surface area contributed by atoms with Crippen molar-refractivity contribution < 1.29 is 19.1 Å². The first-order valence-corrected chi connectivity index (χ1v) is 11.5. The van der Waals surface area contributed by atoms with Crippen LogP contribution < -0.4 is 14.8 Å². The Morgan fingerprint density at radius 1 is 1.00 bits per heavy atom. The molecule has 0 aromatic heterocycles. The maximum absolute atomic E-state index is 13.6. The van der Waals surface area contributed by atoms with Gasteiger partial charge in [0.2, 0.25) is 5.91 Å². The van der Waals surface area contributed by atoms with Crippen LogP contribution in [0.3, 0.4) is 0 Å². The highest BCUT2D eigenvalue weighted by molar-refractivity contribution is 6.02. The molecule has 1 heterocycles. The molecule has 0 fully saturated rings. The minimum Gasteiger partial charge on any atom is -0.497 e. The fourth-order valence-corrected chi connectivity index (χ4v) is 4.37. The highest BCUT2D eigenvalue weighted by Crippen LogP contribution is 2.33. The molecule has 1 aliphatic rings. The molecule has 0 radical (unpaired) electrons. The van der Waals surface area contributed by atoms with E-state index in [-0.39, 0.29) is 11.8 Å². The summed E-state index contributed by atoms with van der Waals surface area (Å²) in [6.45, 7) is 5.01. The molecule has 1 aliphatic heterocycles. The second kappa shape index (κ2) is 10.00. The lowest BCUT2D eigenvalue weighted by atomic mass is 9.82. The number of amides is 2. The minimum absolute atomic E-state index is 0.147. The number of nitrogens with one attached hydrogen (secondary N) is 1. The normalized spacial score (nSPS) is 17.1. The lowest BCUT2D eigenvalue weighted by Crippen LogP contribution is -2.62. The van der Waals surface area contributed by atoms with Crippen molar-refractivity contribution in [2.75, 3.05) is 13.7 Å². The Hall–Kier alpha value is -3.80. The van der Waals surface area contributed by atoms with Crippen molar-refractivity contribution in [3.8, 4) is 11.5 Å². The van der Waals surface area contributed by atoms with E-state index in [2.05, 4.69) is 5.32 Å². The summed E-state index contributed by atoms with van der Waals surface area (Å²) in [7, 11) is 1.62. The van der Waals surface area contributed by atoms with Crippen LogP contribution >= 0.6 is 0 Å². The van der Waals surface area contributed by atoms with Crippen molar-refractivity contribution in [2.45, 2.75) is 38.9 Å². The van der Waals surface area contributed by atoms with E-state index in [9.17, 15) is 9.59 Å². The van der Waals surface area contributed by atoms with E-state index in [1.54, 1.807) is 12.0 Å². The molecule has 0 saturated carbocycles. The molecule has 1 N–H and O–H groups in total. The predicted molar refractivity (Wildman–Crippen MR) is 131 cm³/mol. The zero-order chi connectivity index (χ0) is 24.1. The Labute approximate surface area is 200 Å². The number of hydrogen-bond donors (Lipinski definition) is 1. The largest absolute Gasteiger partial charge is 0.497 e. The summed E-state index contributed by atoms with van der Waals surface area (Å²) < 4.78 is 10.8. The van der Waals surface area contributed by atoms with Crippen LogP contribution in [0.2, 0.25) is 0 Å². The summed E-state index contributed by atoms with van der Waals surface area (Å²) in [5.74, 6) is 1.17. The number of hydrogen-bond acceptors (Lipinski definition) is 4. The lowest BCUT2D eigenvalue weighted by molar-refractivity contribution is -0.132. The van der Waals surface area contributed by atoms with Gasteiger partial charge < -0.3 is 19.7 Å². The first-order chi connectivity index (χ1) is 16.4. The van der Waals surface area contributed by atoms with E-state index in [1.807, 2.05) is 86.6 Å². The number of carbonyl (C=O) groups is 2. The van der Waals surface area contributed by atoms with Gasteiger partial charge in [-0.15, -0.1) is 0 Å². The molecular weight excluding hydrogens is 428 g/mol. The first-order valence-electron chi connectivity index (χ1n) is 11.5. The van der Waals surface area contributed by atoms with E-state index in [0.717, 1.165) is 28.2 Å². The van der Waals surface area contributed by atoms with Crippen LogP contribution in [0.4, 0.5) is 0 Å². The van der Waals surface area contributed by atoms with Crippen LogP contribution in [0, 0.1) is 0 Å². The molecular formula is C28H30N2O4. The number of ether oxygens (including phenoxy) is 2. The fourth-order valence-electron chi connectivity index (χ4n) is 4.37.